The summed E-state index contributed by atoms with van der Waals surface area (Å²) >= 11 is 0. The van der Waals surface area contributed by atoms with Crippen LogP contribution in [-0.4, -0.2) is 82.1 Å². The molecule has 0 spiro atoms. The molecule has 166 valence electrons. The number of hydrogen-bond acceptors (Lipinski definition) is 7. The van der Waals surface area contributed by atoms with Gasteiger partial charge in [0.1, 0.15) is 0 Å². The Morgan fingerprint density at radius 2 is 1.87 bits per heavy atom. The first kappa shape index (κ1) is 21.3. The molecule has 1 fully saturated rings. The van der Waals surface area contributed by atoms with E-state index in [1.54, 1.807) is 12.1 Å². The second-order valence-electron chi connectivity index (χ2n) is 7.34. The summed E-state index contributed by atoms with van der Waals surface area (Å²) in [6, 6.07) is 6.39. The summed E-state index contributed by atoms with van der Waals surface area (Å²) in [5.74, 6) is -0.190. The van der Waals surface area contributed by atoms with Crippen LogP contribution in [0.25, 0.3) is 16.9 Å². The molecule has 0 amide bonds. The zero-order chi connectivity index (χ0) is 21.8. The van der Waals surface area contributed by atoms with E-state index in [-0.39, 0.29) is 5.56 Å². The van der Waals surface area contributed by atoms with Gasteiger partial charge in [0.15, 0.2) is 5.65 Å². The lowest BCUT2D eigenvalue weighted by Crippen LogP contribution is -2.44. The Balaban J connectivity index is 1.45. The van der Waals surface area contributed by atoms with Crippen molar-refractivity contribution in [2.45, 2.75) is 12.8 Å². The van der Waals surface area contributed by atoms with E-state index in [0.29, 0.717) is 23.8 Å². The van der Waals surface area contributed by atoms with Gasteiger partial charge in [-0.3, -0.25) is 0 Å². The number of rotatable bonds is 7. The zero-order valence-electron chi connectivity index (χ0n) is 17.0. The third-order valence-corrected chi connectivity index (χ3v) is 5.06. The van der Waals surface area contributed by atoms with Gasteiger partial charge in [0, 0.05) is 45.0 Å². The van der Waals surface area contributed by atoms with Crippen molar-refractivity contribution in [3.63, 3.8) is 0 Å². The number of nitrogens with zero attached hydrogens (tertiary/aromatic N) is 6. The Kier molecular flexibility index (Phi) is 6.23. The number of imidazole rings is 1. The van der Waals surface area contributed by atoms with E-state index in [2.05, 4.69) is 36.7 Å². The third-order valence-electron chi connectivity index (χ3n) is 5.06. The lowest BCUT2D eigenvalue weighted by atomic mass is 10.2. The minimum Gasteiger partial charge on any atom is -0.477 e. The Bertz CT molecular complexity index is 1020. The third kappa shape index (κ3) is 5.42. The van der Waals surface area contributed by atoms with Gasteiger partial charge in [0.2, 0.25) is 11.8 Å². The Labute approximate surface area is 177 Å². The molecule has 0 bridgehead atoms. The first-order chi connectivity index (χ1) is 14.9. The molecule has 4 rings (SSSR count). The van der Waals surface area contributed by atoms with Crippen LogP contribution in [0.3, 0.4) is 0 Å². The maximum absolute atomic E-state index is 12.7. The fourth-order valence-electron chi connectivity index (χ4n) is 3.43. The predicted molar refractivity (Wildman–Crippen MR) is 107 cm³/mol. The van der Waals surface area contributed by atoms with Gasteiger partial charge in [-0.1, -0.05) is 0 Å². The molecule has 0 atom stereocenters. The normalized spacial score (nSPS) is 16.0. The highest BCUT2D eigenvalue weighted by Gasteiger charge is 2.33. The summed E-state index contributed by atoms with van der Waals surface area (Å²) in [6.45, 7) is 5.66. The van der Waals surface area contributed by atoms with Gasteiger partial charge in [-0.15, -0.1) is 18.3 Å². The molecule has 4 heterocycles. The molecule has 31 heavy (non-hydrogen) atoms. The number of fused-ring (bicyclic) bond motifs is 1. The number of piperazine rings is 1. The number of alkyl halides is 3. The largest absolute Gasteiger partial charge is 0.574 e. The van der Waals surface area contributed by atoms with Crippen molar-refractivity contribution < 1.29 is 22.6 Å². The number of ether oxygens (including phenoxy) is 2. The van der Waals surface area contributed by atoms with Gasteiger partial charge in [-0.05, 0) is 31.7 Å². The summed E-state index contributed by atoms with van der Waals surface area (Å²) in [5, 5.41) is 4.39. The second kappa shape index (κ2) is 9.06. The standard InChI is InChI=1S/C20H23F3N6O2/c1-27-9-11-28(12-10-27)8-3-13-30-18-6-5-17-25-14-16(29(17)26-18)15-4-2-7-24-19(15)31-20(21,22)23/h2,4-7,14H,3,8-13H2,1H3. The number of aromatic nitrogens is 4. The monoisotopic (exact) mass is 436 g/mol. The molecule has 1 aliphatic heterocycles. The van der Waals surface area contributed by atoms with Crippen molar-refractivity contribution in [1.29, 1.82) is 0 Å². The summed E-state index contributed by atoms with van der Waals surface area (Å²) in [6.07, 6.45) is -1.34. The molecule has 8 nitrogen and oxygen atoms in total. The van der Waals surface area contributed by atoms with Crippen molar-refractivity contribution in [3.8, 4) is 23.0 Å². The van der Waals surface area contributed by atoms with Gasteiger partial charge >= 0.3 is 6.36 Å². The van der Waals surface area contributed by atoms with Gasteiger partial charge in [-0.25, -0.2) is 14.5 Å². The minimum absolute atomic E-state index is 0.132. The van der Waals surface area contributed by atoms with Crippen molar-refractivity contribution in [2.75, 3.05) is 46.4 Å². The fourth-order valence-corrected chi connectivity index (χ4v) is 3.43. The molecule has 0 N–H and O–H groups in total. The first-order valence-electron chi connectivity index (χ1n) is 9.99. The maximum atomic E-state index is 12.7. The second-order valence-corrected chi connectivity index (χ2v) is 7.34. The molecule has 0 aliphatic carbocycles. The average molecular weight is 436 g/mol. The van der Waals surface area contributed by atoms with Crippen molar-refractivity contribution in [1.82, 2.24) is 29.4 Å². The van der Waals surface area contributed by atoms with E-state index in [1.807, 2.05) is 0 Å². The van der Waals surface area contributed by atoms with E-state index < -0.39 is 12.2 Å². The minimum atomic E-state index is -4.85. The highest BCUT2D eigenvalue weighted by Crippen LogP contribution is 2.32. The molecule has 1 saturated heterocycles. The van der Waals surface area contributed by atoms with Crippen LogP contribution in [0.5, 0.6) is 11.8 Å². The van der Waals surface area contributed by atoms with Crippen LogP contribution >= 0.6 is 0 Å². The van der Waals surface area contributed by atoms with Crippen molar-refractivity contribution >= 4 is 5.65 Å². The summed E-state index contributed by atoms with van der Waals surface area (Å²) in [5.41, 5.74) is 0.930. The van der Waals surface area contributed by atoms with Crippen LogP contribution in [0.1, 0.15) is 6.42 Å². The van der Waals surface area contributed by atoms with Crippen LogP contribution in [0.15, 0.2) is 36.7 Å². The van der Waals surface area contributed by atoms with Crippen LogP contribution in [0, 0.1) is 0 Å². The van der Waals surface area contributed by atoms with E-state index in [0.717, 1.165) is 39.1 Å². The van der Waals surface area contributed by atoms with Crippen molar-refractivity contribution in [2.24, 2.45) is 0 Å². The molecular formula is C20H23F3N6O2. The fraction of sp³-hybridized carbons (Fsp3) is 0.450. The molecule has 3 aromatic rings. The van der Waals surface area contributed by atoms with Gasteiger partial charge in [-0.2, -0.15) is 0 Å². The van der Waals surface area contributed by atoms with E-state index in [1.165, 1.54) is 29.0 Å². The quantitative estimate of drug-likeness (QED) is 0.528. The van der Waals surface area contributed by atoms with Crippen LogP contribution in [0.4, 0.5) is 13.2 Å². The highest BCUT2D eigenvalue weighted by atomic mass is 19.4. The van der Waals surface area contributed by atoms with Crippen LogP contribution in [-0.2, 0) is 0 Å². The Hall–Kier alpha value is -2.92. The molecule has 0 saturated carbocycles. The topological polar surface area (TPSA) is 68.0 Å². The molecule has 0 unspecified atom stereocenters. The Morgan fingerprint density at radius 1 is 1.06 bits per heavy atom. The lowest BCUT2D eigenvalue weighted by molar-refractivity contribution is -0.275. The van der Waals surface area contributed by atoms with Gasteiger partial charge in [0.05, 0.1) is 24.1 Å². The van der Waals surface area contributed by atoms with Gasteiger partial charge < -0.3 is 19.3 Å². The van der Waals surface area contributed by atoms with E-state index in [9.17, 15) is 13.2 Å². The van der Waals surface area contributed by atoms with Crippen LogP contribution < -0.4 is 9.47 Å². The zero-order valence-corrected chi connectivity index (χ0v) is 17.0. The predicted octanol–water partition coefficient (Wildman–Crippen LogP) is 2.71. The average Bonchev–Trinajstić information content (AvgIpc) is 3.15. The highest BCUT2D eigenvalue weighted by molar-refractivity contribution is 5.67. The van der Waals surface area contributed by atoms with Crippen molar-refractivity contribution in [3.05, 3.63) is 36.7 Å². The van der Waals surface area contributed by atoms with Crippen LogP contribution in [0.2, 0.25) is 0 Å². The molecule has 11 heteroatoms. The molecule has 1 aliphatic rings. The van der Waals surface area contributed by atoms with E-state index >= 15 is 0 Å². The smallest absolute Gasteiger partial charge is 0.477 e. The SMILES string of the molecule is CN1CCN(CCCOc2ccc3ncc(-c4cccnc4OC(F)(F)F)n3n2)CC1. The number of likely N-dealkylation sites (N-methyl/N-ethyl adjacent to an activating group) is 1. The molecule has 0 aromatic carbocycles. The van der Waals surface area contributed by atoms with E-state index in [4.69, 9.17) is 4.74 Å². The lowest BCUT2D eigenvalue weighted by Gasteiger charge is -2.32. The van der Waals surface area contributed by atoms with Gasteiger partial charge in [0.25, 0.3) is 0 Å². The first-order valence-corrected chi connectivity index (χ1v) is 9.99. The summed E-state index contributed by atoms with van der Waals surface area (Å²) in [4.78, 5) is 12.6. The molecular weight excluding hydrogens is 413 g/mol. The Morgan fingerprint density at radius 3 is 2.65 bits per heavy atom. The number of hydrogen-bond donors (Lipinski definition) is 0. The molecule has 0 radical (unpaired) electrons. The number of halogens is 3. The summed E-state index contributed by atoms with van der Waals surface area (Å²) < 4.78 is 49.5. The number of pyridine rings is 1. The molecule has 3 aromatic heterocycles. The maximum Gasteiger partial charge on any atom is 0.574 e. The summed E-state index contributed by atoms with van der Waals surface area (Å²) in [7, 11) is 2.12.